The minimum atomic E-state index is -4.55. The molecule has 0 spiro atoms. The van der Waals surface area contributed by atoms with Crippen molar-refractivity contribution in [1.82, 2.24) is 0 Å². The molecule has 128 valence electrons. The van der Waals surface area contributed by atoms with E-state index < -0.39 is 34.8 Å². The molecule has 1 aliphatic rings. The van der Waals surface area contributed by atoms with Gasteiger partial charge in [-0.05, 0) is 54.0 Å². The van der Waals surface area contributed by atoms with E-state index in [1.54, 1.807) is 0 Å². The second kappa shape index (κ2) is 5.83. The lowest BCUT2D eigenvalue weighted by Crippen LogP contribution is -2.17. The Morgan fingerprint density at radius 2 is 1.50 bits per heavy atom. The number of fused-ring (bicyclic) bond motifs is 1. The topological polar surface area (TPSA) is 0 Å². The summed E-state index contributed by atoms with van der Waals surface area (Å²) in [5, 5.41) is 0. The fourth-order valence-electron chi connectivity index (χ4n) is 3.15. The van der Waals surface area contributed by atoms with Crippen LogP contribution in [0.5, 0.6) is 0 Å². The summed E-state index contributed by atoms with van der Waals surface area (Å²) < 4.78 is 81.2. The van der Waals surface area contributed by atoms with E-state index in [1.807, 2.05) is 6.92 Å². The molecule has 0 unspecified atom stereocenters. The van der Waals surface area contributed by atoms with E-state index in [-0.39, 0.29) is 35.4 Å². The van der Waals surface area contributed by atoms with E-state index in [2.05, 4.69) is 0 Å². The highest BCUT2D eigenvalue weighted by Gasteiger charge is 2.32. The van der Waals surface area contributed by atoms with Gasteiger partial charge in [0.15, 0.2) is 11.6 Å². The second-order valence-corrected chi connectivity index (χ2v) is 6.20. The highest BCUT2D eigenvalue weighted by Crippen LogP contribution is 2.38. The minimum Gasteiger partial charge on any atom is -0.206 e. The van der Waals surface area contributed by atoms with Crippen LogP contribution in [0, 0.1) is 23.4 Å². The molecule has 6 heteroatoms. The molecule has 0 radical (unpaired) electrons. The van der Waals surface area contributed by atoms with Gasteiger partial charge in [0, 0.05) is 0 Å². The summed E-state index contributed by atoms with van der Waals surface area (Å²) in [6, 6.07) is 3.38. The second-order valence-electron chi connectivity index (χ2n) is 6.20. The van der Waals surface area contributed by atoms with E-state index >= 15 is 0 Å². The summed E-state index contributed by atoms with van der Waals surface area (Å²) in [5.41, 5.74) is -1.48. The molecule has 0 heterocycles. The molecule has 1 aliphatic carbocycles. The van der Waals surface area contributed by atoms with Gasteiger partial charge in [-0.3, -0.25) is 0 Å². The molecule has 0 N–H and O–H groups in total. The molecule has 2 aromatic carbocycles. The Morgan fingerprint density at radius 3 is 2.08 bits per heavy atom. The summed E-state index contributed by atoms with van der Waals surface area (Å²) in [4.78, 5) is 0. The summed E-state index contributed by atoms with van der Waals surface area (Å²) in [5.74, 6) is -3.20. The van der Waals surface area contributed by atoms with Gasteiger partial charge >= 0.3 is 6.18 Å². The van der Waals surface area contributed by atoms with Crippen molar-refractivity contribution in [3.8, 4) is 11.1 Å². The van der Waals surface area contributed by atoms with Gasteiger partial charge in [0.05, 0.1) is 11.1 Å². The third-order valence-electron chi connectivity index (χ3n) is 4.47. The van der Waals surface area contributed by atoms with E-state index in [1.165, 1.54) is 0 Å². The van der Waals surface area contributed by atoms with E-state index in [9.17, 15) is 26.3 Å². The van der Waals surface area contributed by atoms with Crippen molar-refractivity contribution < 1.29 is 26.3 Å². The lowest BCUT2D eigenvalue weighted by atomic mass is 9.82. The van der Waals surface area contributed by atoms with Crippen molar-refractivity contribution in [3.05, 3.63) is 58.4 Å². The maximum absolute atomic E-state index is 14.7. The van der Waals surface area contributed by atoms with Crippen LogP contribution in [0.4, 0.5) is 26.3 Å². The standard InChI is InChI=1S/C18H14F6/c1-9-2-7-12-13(8-9)16(20)17(21)14(15(12)19)10-3-5-11(6-4-10)18(22,23)24/h3-6,9H,2,7-8H2,1H3/t9-/m1/s1. The Morgan fingerprint density at radius 1 is 0.875 bits per heavy atom. The van der Waals surface area contributed by atoms with Gasteiger partial charge in [-0.2, -0.15) is 13.2 Å². The van der Waals surface area contributed by atoms with Crippen LogP contribution < -0.4 is 0 Å². The highest BCUT2D eigenvalue weighted by molar-refractivity contribution is 5.67. The van der Waals surface area contributed by atoms with Crippen molar-refractivity contribution in [2.75, 3.05) is 0 Å². The van der Waals surface area contributed by atoms with Gasteiger partial charge in [-0.15, -0.1) is 0 Å². The third kappa shape index (κ3) is 2.78. The lowest BCUT2D eigenvalue weighted by molar-refractivity contribution is -0.137. The van der Waals surface area contributed by atoms with Gasteiger partial charge in [0.25, 0.3) is 0 Å². The minimum absolute atomic E-state index is 0.0411. The van der Waals surface area contributed by atoms with Crippen LogP contribution in [-0.2, 0) is 19.0 Å². The Labute approximate surface area is 135 Å². The molecule has 3 rings (SSSR count). The molecule has 0 aromatic heterocycles. The molecule has 0 fully saturated rings. The van der Waals surface area contributed by atoms with E-state index in [0.717, 1.165) is 24.3 Å². The predicted octanol–water partition coefficient (Wildman–Crippen LogP) is 5.91. The number of halogens is 6. The molecule has 2 aromatic rings. The molecule has 0 amide bonds. The van der Waals surface area contributed by atoms with Crippen molar-refractivity contribution in [3.63, 3.8) is 0 Å². The Kier molecular flexibility index (Phi) is 4.10. The molecular weight excluding hydrogens is 330 g/mol. The number of hydrogen-bond donors (Lipinski definition) is 0. The first-order valence-corrected chi connectivity index (χ1v) is 7.56. The monoisotopic (exact) mass is 344 g/mol. The van der Waals surface area contributed by atoms with Crippen molar-refractivity contribution in [1.29, 1.82) is 0 Å². The largest absolute Gasteiger partial charge is 0.416 e. The molecule has 1 atom stereocenters. The predicted molar refractivity (Wildman–Crippen MR) is 77.9 cm³/mol. The van der Waals surface area contributed by atoms with Gasteiger partial charge in [-0.1, -0.05) is 19.1 Å². The smallest absolute Gasteiger partial charge is 0.206 e. The number of alkyl halides is 3. The van der Waals surface area contributed by atoms with Crippen LogP contribution in [0.2, 0.25) is 0 Å². The zero-order valence-electron chi connectivity index (χ0n) is 12.8. The molecule has 0 saturated carbocycles. The molecule has 24 heavy (non-hydrogen) atoms. The van der Waals surface area contributed by atoms with Crippen molar-refractivity contribution in [2.45, 2.75) is 32.4 Å². The average Bonchev–Trinajstić information content (AvgIpc) is 2.52. The first-order chi connectivity index (χ1) is 11.2. The fraction of sp³-hybridized carbons (Fsp3) is 0.333. The SMILES string of the molecule is C[C@@H]1CCc2c(F)c(-c3ccc(C(F)(F)F)cc3)c(F)c(F)c2C1. The van der Waals surface area contributed by atoms with Crippen LogP contribution in [0.15, 0.2) is 24.3 Å². The van der Waals surface area contributed by atoms with Crippen LogP contribution in [0.1, 0.15) is 30.0 Å². The summed E-state index contributed by atoms with van der Waals surface area (Å²) in [7, 11) is 0. The third-order valence-corrected chi connectivity index (χ3v) is 4.47. The van der Waals surface area contributed by atoms with Crippen LogP contribution >= 0.6 is 0 Å². The Balaban J connectivity index is 2.14. The zero-order chi connectivity index (χ0) is 17.6. The van der Waals surface area contributed by atoms with Gasteiger partial charge < -0.3 is 0 Å². The van der Waals surface area contributed by atoms with E-state index in [4.69, 9.17) is 0 Å². The maximum atomic E-state index is 14.7. The lowest BCUT2D eigenvalue weighted by Gasteiger charge is -2.24. The Hall–Kier alpha value is -1.98. The zero-order valence-corrected chi connectivity index (χ0v) is 12.8. The highest BCUT2D eigenvalue weighted by atomic mass is 19.4. The van der Waals surface area contributed by atoms with E-state index in [0.29, 0.717) is 6.42 Å². The quantitative estimate of drug-likeness (QED) is 0.445. The summed E-state index contributed by atoms with van der Waals surface area (Å²) in [6.45, 7) is 1.88. The van der Waals surface area contributed by atoms with Gasteiger partial charge in [0.1, 0.15) is 5.82 Å². The maximum Gasteiger partial charge on any atom is 0.416 e. The summed E-state index contributed by atoms with van der Waals surface area (Å²) >= 11 is 0. The number of hydrogen-bond acceptors (Lipinski definition) is 0. The van der Waals surface area contributed by atoms with Crippen LogP contribution in [0.3, 0.4) is 0 Å². The van der Waals surface area contributed by atoms with Crippen molar-refractivity contribution >= 4 is 0 Å². The molecule has 0 nitrogen and oxygen atoms in total. The fourth-order valence-corrected chi connectivity index (χ4v) is 3.15. The molecule has 0 saturated heterocycles. The Bertz CT molecular complexity index is 774. The molecular formula is C18H14F6. The average molecular weight is 344 g/mol. The van der Waals surface area contributed by atoms with Gasteiger partial charge in [0.2, 0.25) is 0 Å². The number of rotatable bonds is 1. The first-order valence-electron chi connectivity index (χ1n) is 7.56. The molecule has 0 aliphatic heterocycles. The van der Waals surface area contributed by atoms with Crippen LogP contribution in [0.25, 0.3) is 11.1 Å². The normalized spacial score (nSPS) is 17.7. The van der Waals surface area contributed by atoms with Crippen molar-refractivity contribution in [2.24, 2.45) is 5.92 Å². The first kappa shape index (κ1) is 16.9. The molecule has 0 bridgehead atoms. The van der Waals surface area contributed by atoms with Gasteiger partial charge in [-0.25, -0.2) is 13.2 Å². The number of benzene rings is 2. The van der Waals surface area contributed by atoms with Crippen LogP contribution in [-0.4, -0.2) is 0 Å². The summed E-state index contributed by atoms with van der Waals surface area (Å²) in [6.07, 6.45) is -3.36.